The zero-order valence-corrected chi connectivity index (χ0v) is 38.1. The minimum atomic E-state index is -3.64. The summed E-state index contributed by atoms with van der Waals surface area (Å²) in [4.78, 5) is 54.8. The Balaban J connectivity index is 1.13. The van der Waals surface area contributed by atoms with Crippen LogP contribution in [0.3, 0.4) is 0 Å². The average molecular weight is 904 g/mol. The molecule has 4 saturated heterocycles. The predicted molar refractivity (Wildman–Crippen MR) is 236 cm³/mol. The van der Waals surface area contributed by atoms with Crippen molar-refractivity contribution in [3.05, 3.63) is 120 Å². The number of hydrogen-bond acceptors (Lipinski definition) is 12. The Bertz CT molecular complexity index is 2090. The zero-order valence-electron chi connectivity index (χ0n) is 37.2. The van der Waals surface area contributed by atoms with E-state index in [2.05, 4.69) is 22.9 Å². The van der Waals surface area contributed by atoms with Crippen molar-refractivity contribution in [3.8, 4) is 0 Å². The standard InChI is InChI=1S/C48H62N3O12P/c1-6-58-64(55,59-7-2)28-26-39(36-21-15-10-16-22-36)49-42(52)40(29-34-17-11-8-12-18-34)50-43(53)41(51-46(54)57-30-35-19-13-9-14-20-35)31-56-44-33(4)38-24-23-32(3)37-25-27-47(5)61-45(60-44)48(37,38)63-62-47/h8-22,26,28,32-33,37-41,44-45H,6-7,23-25,27,29-31H2,1-5H3,(H,49,52)(H,50,53)(H,51,54)/b28-26+/t32-,33-,37+,38+,39-,40+,41+,44?,45-,47-,48-/m1/s1. The summed E-state index contributed by atoms with van der Waals surface area (Å²) in [5, 5.41) is 8.62. The predicted octanol–water partition coefficient (Wildman–Crippen LogP) is 7.87. The molecule has 346 valence electrons. The maximum atomic E-state index is 14.6. The molecule has 2 bridgehead atoms. The molecule has 3 aromatic carbocycles. The topological polar surface area (TPSA) is 178 Å². The minimum Gasteiger partial charge on any atom is -0.445 e. The number of hydrogen-bond donors (Lipinski definition) is 3. The highest BCUT2D eigenvalue weighted by Crippen LogP contribution is 2.60. The van der Waals surface area contributed by atoms with Crippen LogP contribution in [0.4, 0.5) is 4.79 Å². The highest BCUT2D eigenvalue weighted by molar-refractivity contribution is 7.57. The molecular weight excluding hydrogens is 842 g/mol. The van der Waals surface area contributed by atoms with Crippen molar-refractivity contribution >= 4 is 25.5 Å². The number of carbonyl (C=O) groups is 3. The van der Waals surface area contributed by atoms with Gasteiger partial charge in [0.1, 0.15) is 18.7 Å². The van der Waals surface area contributed by atoms with E-state index in [4.69, 9.17) is 37.8 Å². The molecule has 3 amide bonds. The first kappa shape index (κ1) is 47.5. The second-order valence-electron chi connectivity index (χ2n) is 17.2. The van der Waals surface area contributed by atoms with Crippen LogP contribution in [0.25, 0.3) is 0 Å². The van der Waals surface area contributed by atoms with Crippen molar-refractivity contribution in [2.24, 2.45) is 23.7 Å². The van der Waals surface area contributed by atoms with Gasteiger partial charge in [-0.15, -0.1) is 0 Å². The molecule has 0 radical (unpaired) electrons. The number of fused-ring (bicyclic) bond motifs is 2. The van der Waals surface area contributed by atoms with Crippen molar-refractivity contribution in [2.75, 3.05) is 19.8 Å². The van der Waals surface area contributed by atoms with Gasteiger partial charge in [-0.05, 0) is 74.6 Å². The second kappa shape index (κ2) is 21.2. The Morgan fingerprint density at radius 2 is 1.44 bits per heavy atom. The maximum Gasteiger partial charge on any atom is 0.408 e. The van der Waals surface area contributed by atoms with Crippen molar-refractivity contribution in [3.63, 3.8) is 0 Å². The van der Waals surface area contributed by atoms with Gasteiger partial charge >= 0.3 is 13.7 Å². The van der Waals surface area contributed by atoms with Gasteiger partial charge in [0.25, 0.3) is 0 Å². The van der Waals surface area contributed by atoms with Crippen molar-refractivity contribution < 1.29 is 56.7 Å². The van der Waals surface area contributed by atoms with Gasteiger partial charge < -0.3 is 43.9 Å². The van der Waals surface area contributed by atoms with E-state index in [1.165, 1.54) is 5.82 Å². The normalized spacial score (nSPS) is 28.8. The van der Waals surface area contributed by atoms with Gasteiger partial charge in [0, 0.05) is 30.5 Å². The molecule has 1 aliphatic carbocycles. The Morgan fingerprint density at radius 1 is 0.797 bits per heavy atom. The molecular formula is C48H62N3O12P. The van der Waals surface area contributed by atoms with Crippen LogP contribution in [0.1, 0.15) is 83.0 Å². The summed E-state index contributed by atoms with van der Waals surface area (Å²) >= 11 is 0. The van der Waals surface area contributed by atoms with Crippen molar-refractivity contribution in [1.82, 2.24) is 16.0 Å². The first-order chi connectivity index (χ1) is 30.8. The molecule has 4 aliphatic heterocycles. The van der Waals surface area contributed by atoms with Crippen molar-refractivity contribution in [1.29, 1.82) is 0 Å². The van der Waals surface area contributed by atoms with E-state index in [1.54, 1.807) is 19.9 Å². The quantitative estimate of drug-likeness (QED) is 0.0785. The van der Waals surface area contributed by atoms with E-state index < -0.39 is 67.6 Å². The van der Waals surface area contributed by atoms with Gasteiger partial charge in [-0.2, -0.15) is 0 Å². The molecule has 4 heterocycles. The highest BCUT2D eigenvalue weighted by atomic mass is 31.2. The molecule has 3 aromatic rings. The van der Waals surface area contributed by atoms with E-state index in [0.717, 1.165) is 30.4 Å². The highest BCUT2D eigenvalue weighted by Gasteiger charge is 2.69. The molecule has 1 unspecified atom stereocenters. The Kier molecular flexibility index (Phi) is 15.8. The second-order valence-corrected chi connectivity index (χ2v) is 19.1. The van der Waals surface area contributed by atoms with Crippen LogP contribution in [0.2, 0.25) is 0 Å². The average Bonchev–Trinajstić information content (AvgIpc) is 3.53. The molecule has 1 spiro atoms. The van der Waals surface area contributed by atoms with Crippen LogP contribution < -0.4 is 16.0 Å². The van der Waals surface area contributed by atoms with Gasteiger partial charge in [-0.1, -0.05) is 105 Å². The number of amides is 3. The summed E-state index contributed by atoms with van der Waals surface area (Å²) < 4.78 is 49.6. The number of alkyl carbamates (subject to hydrolysis) is 1. The van der Waals surface area contributed by atoms with Crippen LogP contribution in [-0.2, 0) is 65.0 Å². The Labute approximate surface area is 375 Å². The minimum absolute atomic E-state index is 0.0409. The van der Waals surface area contributed by atoms with Gasteiger partial charge in [0.15, 0.2) is 18.2 Å². The molecule has 5 fully saturated rings. The fourth-order valence-electron chi connectivity index (χ4n) is 9.51. The summed E-state index contributed by atoms with van der Waals surface area (Å²) in [6.07, 6.45) is 2.51. The summed E-state index contributed by atoms with van der Waals surface area (Å²) in [6.45, 7) is 9.48. The fourth-order valence-corrected chi connectivity index (χ4v) is 10.9. The number of rotatable bonds is 19. The molecule has 5 aliphatic rings. The zero-order chi connectivity index (χ0) is 45.3. The largest absolute Gasteiger partial charge is 0.445 e. The van der Waals surface area contributed by atoms with Crippen LogP contribution in [0, 0.1) is 23.7 Å². The third kappa shape index (κ3) is 11.1. The van der Waals surface area contributed by atoms with Gasteiger partial charge in [-0.25, -0.2) is 14.6 Å². The third-order valence-corrected chi connectivity index (χ3v) is 14.6. The summed E-state index contributed by atoms with van der Waals surface area (Å²) in [5.41, 5.74) is 1.39. The van der Waals surface area contributed by atoms with E-state index in [1.807, 2.05) is 105 Å². The molecule has 64 heavy (non-hydrogen) atoms. The molecule has 11 atom stereocenters. The van der Waals surface area contributed by atoms with Crippen LogP contribution in [0.5, 0.6) is 0 Å². The molecule has 3 N–H and O–H groups in total. The van der Waals surface area contributed by atoms with E-state index in [-0.39, 0.29) is 50.6 Å². The lowest BCUT2D eigenvalue weighted by molar-refractivity contribution is -0.577. The molecule has 1 saturated carbocycles. The Hall–Kier alpha value is -4.44. The monoisotopic (exact) mass is 903 g/mol. The van der Waals surface area contributed by atoms with Crippen LogP contribution in [-0.4, -0.2) is 73.8 Å². The van der Waals surface area contributed by atoms with Gasteiger partial charge in [0.05, 0.1) is 25.9 Å². The van der Waals surface area contributed by atoms with E-state index in [9.17, 15) is 18.9 Å². The van der Waals surface area contributed by atoms with Gasteiger partial charge in [-0.3, -0.25) is 14.2 Å². The summed E-state index contributed by atoms with van der Waals surface area (Å²) in [5.74, 6) is -0.639. The lowest BCUT2D eigenvalue weighted by atomic mass is 9.58. The van der Waals surface area contributed by atoms with E-state index >= 15 is 0 Å². The number of carbonyl (C=O) groups excluding carboxylic acids is 3. The number of benzene rings is 3. The van der Waals surface area contributed by atoms with Crippen LogP contribution in [0.15, 0.2) is 103 Å². The number of ether oxygens (including phenoxy) is 4. The molecule has 8 rings (SSSR count). The SMILES string of the molecule is CCOP(=O)(/C=C/[C@@H](NC(=O)[C@H](Cc1ccccc1)NC(=O)[C@H](COC1O[C@@H]2O[C@@]3(C)CC[C@H]4[C@H](C)CC[C@@H]([C@H]1C)[C@@]24OO3)NC(=O)OCc1ccccc1)c1ccccc1)OCC. The number of nitrogens with one attached hydrogen (secondary N) is 3. The molecule has 0 aromatic heterocycles. The first-order valence-electron chi connectivity index (χ1n) is 22.4. The maximum absolute atomic E-state index is 14.6. The smallest absolute Gasteiger partial charge is 0.408 e. The lowest BCUT2D eigenvalue weighted by Gasteiger charge is -2.60. The Morgan fingerprint density at radius 3 is 2.11 bits per heavy atom. The summed E-state index contributed by atoms with van der Waals surface area (Å²) in [7, 11) is -3.64. The van der Waals surface area contributed by atoms with Crippen LogP contribution >= 0.6 is 7.60 Å². The fraction of sp³-hybridized carbons (Fsp3) is 0.521. The van der Waals surface area contributed by atoms with Gasteiger partial charge in [0.2, 0.25) is 17.6 Å². The first-order valence-corrected chi connectivity index (χ1v) is 24.0. The van der Waals surface area contributed by atoms with E-state index in [0.29, 0.717) is 17.9 Å². The third-order valence-electron chi connectivity index (χ3n) is 12.8. The van der Waals surface area contributed by atoms with Crippen molar-refractivity contribution in [2.45, 2.75) is 115 Å². The summed E-state index contributed by atoms with van der Waals surface area (Å²) in [6, 6.07) is 24.2. The molecule has 15 nitrogen and oxygen atoms in total. The molecule has 16 heteroatoms. The lowest BCUT2D eigenvalue weighted by Crippen LogP contribution is -2.70.